The maximum atomic E-state index is 11.9. The number of esters is 3. The Morgan fingerprint density at radius 2 is 1.65 bits per heavy atom. The molecule has 0 saturated carbocycles. The van der Waals surface area contributed by atoms with Gasteiger partial charge in [-0.25, -0.2) is 4.68 Å². The number of aliphatic carboxylic acids is 1. The van der Waals surface area contributed by atoms with Crippen LogP contribution in [0.4, 0.5) is 0 Å². The zero-order valence-corrected chi connectivity index (χ0v) is 18.8. The minimum absolute atomic E-state index is 0.332. The molecule has 1 aliphatic heterocycles. The fourth-order valence-electron chi connectivity index (χ4n) is 3.81. The van der Waals surface area contributed by atoms with Gasteiger partial charge >= 0.3 is 23.9 Å². The SMILES string of the molecule is CC(=O)OC[C@H]1O[C@H](n2cc(-c3ccccc3)nn2)[C@@H](CC(=O)O)[C@H](OC(C)=O)[C@H]1OC(C)=O. The molecule has 0 amide bonds. The molecule has 182 valence electrons. The smallest absolute Gasteiger partial charge is 0.303 e. The van der Waals surface area contributed by atoms with Crippen LogP contribution in [0.3, 0.4) is 0 Å². The lowest BCUT2D eigenvalue weighted by Gasteiger charge is -2.44. The van der Waals surface area contributed by atoms with Gasteiger partial charge in [-0.3, -0.25) is 19.2 Å². The Balaban J connectivity index is 2.03. The number of hydrogen-bond donors (Lipinski definition) is 1. The van der Waals surface area contributed by atoms with Crippen molar-refractivity contribution < 1.29 is 43.2 Å². The van der Waals surface area contributed by atoms with Crippen LogP contribution in [0.15, 0.2) is 36.5 Å². The largest absolute Gasteiger partial charge is 0.481 e. The van der Waals surface area contributed by atoms with Crippen LogP contribution in [0, 0.1) is 5.92 Å². The Morgan fingerprint density at radius 3 is 2.24 bits per heavy atom. The quantitative estimate of drug-likeness (QED) is 0.434. The molecule has 1 aromatic heterocycles. The average Bonchev–Trinajstić information content (AvgIpc) is 3.25. The Kier molecular flexibility index (Phi) is 7.95. The first-order chi connectivity index (χ1) is 16.2. The number of carboxylic acid groups (broad SMARTS) is 1. The van der Waals surface area contributed by atoms with Gasteiger partial charge in [0, 0.05) is 26.3 Å². The summed E-state index contributed by atoms with van der Waals surface area (Å²) < 4.78 is 23.2. The summed E-state index contributed by atoms with van der Waals surface area (Å²) >= 11 is 0. The predicted molar refractivity (Wildman–Crippen MR) is 113 cm³/mol. The highest BCUT2D eigenvalue weighted by Gasteiger charge is 2.51. The van der Waals surface area contributed by atoms with Crippen LogP contribution in [-0.2, 0) is 38.1 Å². The van der Waals surface area contributed by atoms with E-state index in [0.717, 1.165) is 19.4 Å². The summed E-state index contributed by atoms with van der Waals surface area (Å²) in [5.74, 6) is -4.24. The predicted octanol–water partition coefficient (Wildman–Crippen LogP) is 1.36. The summed E-state index contributed by atoms with van der Waals surface area (Å²) in [6, 6.07) is 9.15. The Bertz CT molecular complexity index is 1040. The number of ether oxygens (including phenoxy) is 4. The highest BCUT2D eigenvalue weighted by atomic mass is 16.6. The summed E-state index contributed by atoms with van der Waals surface area (Å²) in [6.07, 6.45) is -3.54. The van der Waals surface area contributed by atoms with E-state index in [1.54, 1.807) is 6.20 Å². The molecular weight excluding hydrogens is 450 g/mol. The minimum atomic E-state index is -1.22. The van der Waals surface area contributed by atoms with Gasteiger partial charge in [0.2, 0.25) is 0 Å². The molecule has 1 fully saturated rings. The lowest BCUT2D eigenvalue weighted by molar-refractivity contribution is -0.252. The van der Waals surface area contributed by atoms with E-state index in [1.165, 1.54) is 11.6 Å². The molecular formula is C22H25N3O9. The fourth-order valence-corrected chi connectivity index (χ4v) is 3.81. The number of benzene rings is 1. The molecule has 1 aromatic carbocycles. The van der Waals surface area contributed by atoms with Crippen LogP contribution < -0.4 is 0 Å². The minimum Gasteiger partial charge on any atom is -0.481 e. The molecule has 0 aliphatic carbocycles. The van der Waals surface area contributed by atoms with Gasteiger partial charge in [0.15, 0.2) is 12.3 Å². The molecule has 3 rings (SSSR count). The zero-order valence-electron chi connectivity index (χ0n) is 18.8. The number of carbonyl (C=O) groups is 4. The molecule has 1 N–H and O–H groups in total. The standard InChI is InChI=1S/C22H25N3O9/c1-12(26)31-11-18-21(33-14(3)28)20(32-13(2)27)16(9-19(29)30)22(34-18)25-10-17(23-24-25)15-7-5-4-6-8-15/h4-8,10,16,18,20-22H,9,11H2,1-3H3,(H,29,30)/t16-,18+,20-,21-,22-/m0/s1. The van der Waals surface area contributed by atoms with E-state index in [9.17, 15) is 24.3 Å². The van der Waals surface area contributed by atoms with E-state index in [2.05, 4.69) is 10.3 Å². The van der Waals surface area contributed by atoms with Gasteiger partial charge in [-0.1, -0.05) is 35.5 Å². The van der Waals surface area contributed by atoms with Crippen molar-refractivity contribution in [3.8, 4) is 11.3 Å². The third kappa shape index (κ3) is 6.16. The van der Waals surface area contributed by atoms with Crippen molar-refractivity contribution in [2.24, 2.45) is 5.92 Å². The molecule has 0 unspecified atom stereocenters. The van der Waals surface area contributed by atoms with E-state index in [-0.39, 0.29) is 6.61 Å². The topological polar surface area (TPSA) is 156 Å². The number of carbonyl (C=O) groups excluding carboxylic acids is 3. The van der Waals surface area contributed by atoms with Gasteiger partial charge in [0.1, 0.15) is 24.5 Å². The molecule has 1 aliphatic rings. The van der Waals surface area contributed by atoms with Gasteiger partial charge in [0.25, 0.3) is 0 Å². The molecule has 12 heteroatoms. The van der Waals surface area contributed by atoms with Crippen molar-refractivity contribution in [1.29, 1.82) is 0 Å². The van der Waals surface area contributed by atoms with Crippen molar-refractivity contribution in [3.63, 3.8) is 0 Å². The van der Waals surface area contributed by atoms with Crippen LogP contribution in [0.25, 0.3) is 11.3 Å². The van der Waals surface area contributed by atoms with Crippen LogP contribution in [0.1, 0.15) is 33.4 Å². The third-order valence-electron chi connectivity index (χ3n) is 5.10. The van der Waals surface area contributed by atoms with Gasteiger partial charge in [-0.2, -0.15) is 0 Å². The van der Waals surface area contributed by atoms with E-state index in [4.69, 9.17) is 18.9 Å². The lowest BCUT2D eigenvalue weighted by Crippen LogP contribution is -2.57. The van der Waals surface area contributed by atoms with E-state index in [1.807, 2.05) is 30.3 Å². The highest BCUT2D eigenvalue weighted by Crippen LogP contribution is 2.39. The van der Waals surface area contributed by atoms with Crippen molar-refractivity contribution in [3.05, 3.63) is 36.5 Å². The Morgan fingerprint density at radius 1 is 1.00 bits per heavy atom. The summed E-state index contributed by atoms with van der Waals surface area (Å²) in [5.41, 5.74) is 1.27. The van der Waals surface area contributed by atoms with Crippen LogP contribution in [-0.4, -0.2) is 68.9 Å². The van der Waals surface area contributed by atoms with Crippen LogP contribution in [0.5, 0.6) is 0 Å². The van der Waals surface area contributed by atoms with Crippen molar-refractivity contribution in [2.75, 3.05) is 6.61 Å². The molecule has 34 heavy (non-hydrogen) atoms. The fraction of sp³-hybridized carbons (Fsp3) is 0.455. The van der Waals surface area contributed by atoms with E-state index >= 15 is 0 Å². The monoisotopic (exact) mass is 475 g/mol. The molecule has 2 heterocycles. The van der Waals surface area contributed by atoms with Gasteiger partial charge in [-0.15, -0.1) is 5.10 Å². The molecule has 12 nitrogen and oxygen atoms in total. The second-order valence-electron chi connectivity index (χ2n) is 7.73. The lowest BCUT2D eigenvalue weighted by atomic mass is 9.87. The van der Waals surface area contributed by atoms with Crippen LogP contribution >= 0.6 is 0 Å². The normalized spacial score (nSPS) is 24.1. The zero-order chi connectivity index (χ0) is 24.8. The number of carboxylic acids is 1. The second-order valence-corrected chi connectivity index (χ2v) is 7.73. The number of rotatable bonds is 8. The molecule has 5 atom stereocenters. The number of nitrogens with zero attached hydrogens (tertiary/aromatic N) is 3. The number of hydrogen-bond acceptors (Lipinski definition) is 10. The summed E-state index contributed by atoms with van der Waals surface area (Å²) in [6.45, 7) is 3.16. The molecule has 0 radical (unpaired) electrons. The van der Waals surface area contributed by atoms with Crippen molar-refractivity contribution >= 4 is 23.9 Å². The van der Waals surface area contributed by atoms with Crippen molar-refractivity contribution in [1.82, 2.24) is 15.0 Å². The molecule has 2 aromatic rings. The first-order valence-electron chi connectivity index (χ1n) is 10.5. The van der Waals surface area contributed by atoms with E-state index in [0.29, 0.717) is 5.69 Å². The Labute approximate surface area is 194 Å². The maximum absolute atomic E-state index is 11.9. The third-order valence-corrected chi connectivity index (χ3v) is 5.10. The first kappa shape index (κ1) is 24.8. The average molecular weight is 475 g/mol. The number of aromatic nitrogens is 3. The highest BCUT2D eigenvalue weighted by molar-refractivity contribution is 5.69. The van der Waals surface area contributed by atoms with Crippen LogP contribution in [0.2, 0.25) is 0 Å². The summed E-state index contributed by atoms with van der Waals surface area (Å²) in [4.78, 5) is 46.8. The van der Waals surface area contributed by atoms with Gasteiger partial charge in [-0.05, 0) is 0 Å². The maximum Gasteiger partial charge on any atom is 0.303 e. The summed E-state index contributed by atoms with van der Waals surface area (Å²) in [5, 5.41) is 17.8. The molecule has 1 saturated heterocycles. The van der Waals surface area contributed by atoms with Gasteiger partial charge in [0.05, 0.1) is 18.5 Å². The second kappa shape index (κ2) is 10.9. The van der Waals surface area contributed by atoms with Crippen molar-refractivity contribution in [2.45, 2.75) is 51.7 Å². The molecule has 0 bridgehead atoms. The van der Waals surface area contributed by atoms with Gasteiger partial charge < -0.3 is 24.1 Å². The first-order valence-corrected chi connectivity index (χ1v) is 10.5. The Hall–Kier alpha value is -3.80. The summed E-state index contributed by atoms with van der Waals surface area (Å²) in [7, 11) is 0. The van der Waals surface area contributed by atoms with E-state index < -0.39 is 60.8 Å². The molecule has 0 spiro atoms.